The lowest BCUT2D eigenvalue weighted by Crippen LogP contribution is -2.08. The molecular formula is C16H9F4N7O. The first-order chi connectivity index (χ1) is 13.5. The Balaban J connectivity index is 1.60. The summed E-state index contributed by atoms with van der Waals surface area (Å²) in [4.78, 5) is 5.07. The summed E-state index contributed by atoms with van der Waals surface area (Å²) in [7, 11) is 0. The molecule has 0 unspecified atom stereocenters. The SMILES string of the molecule is Fc1cc(-c2nnc(C(F)F)o2)cc(F)c1Cn1nnc(-c2ccccn2)n1. The monoisotopic (exact) mass is 391 g/mol. The second-order valence-electron chi connectivity index (χ2n) is 5.52. The number of benzene rings is 1. The molecule has 0 atom stereocenters. The van der Waals surface area contributed by atoms with Crippen LogP contribution in [0.25, 0.3) is 23.0 Å². The number of halogens is 4. The van der Waals surface area contributed by atoms with E-state index >= 15 is 0 Å². The van der Waals surface area contributed by atoms with E-state index in [1.54, 1.807) is 24.4 Å². The van der Waals surface area contributed by atoms with E-state index in [0.29, 0.717) is 5.69 Å². The Morgan fingerprint density at radius 2 is 1.82 bits per heavy atom. The fourth-order valence-corrected chi connectivity index (χ4v) is 2.37. The van der Waals surface area contributed by atoms with Crippen LogP contribution in [0.2, 0.25) is 0 Å². The maximum atomic E-state index is 14.4. The molecular weight excluding hydrogens is 382 g/mol. The molecule has 142 valence electrons. The van der Waals surface area contributed by atoms with Gasteiger partial charge in [0.25, 0.3) is 5.89 Å². The van der Waals surface area contributed by atoms with Gasteiger partial charge in [-0.1, -0.05) is 6.07 Å². The number of hydrogen-bond donors (Lipinski definition) is 0. The second kappa shape index (κ2) is 7.13. The lowest BCUT2D eigenvalue weighted by molar-refractivity contribution is 0.116. The highest BCUT2D eigenvalue weighted by atomic mass is 19.3. The zero-order valence-corrected chi connectivity index (χ0v) is 13.8. The van der Waals surface area contributed by atoms with Crippen molar-refractivity contribution in [3.8, 4) is 23.0 Å². The minimum Gasteiger partial charge on any atom is -0.415 e. The van der Waals surface area contributed by atoms with E-state index in [1.165, 1.54) is 0 Å². The minimum absolute atomic E-state index is 0.168. The molecule has 0 saturated carbocycles. The molecule has 0 aliphatic rings. The molecule has 0 bridgehead atoms. The average molecular weight is 391 g/mol. The molecule has 0 fully saturated rings. The van der Waals surface area contributed by atoms with Crippen LogP contribution in [-0.2, 0) is 6.54 Å². The van der Waals surface area contributed by atoms with Crippen molar-refractivity contribution in [1.82, 2.24) is 35.4 Å². The van der Waals surface area contributed by atoms with E-state index in [-0.39, 0.29) is 23.5 Å². The van der Waals surface area contributed by atoms with Crippen molar-refractivity contribution in [3.63, 3.8) is 0 Å². The van der Waals surface area contributed by atoms with Crippen molar-refractivity contribution in [2.24, 2.45) is 0 Å². The maximum Gasteiger partial charge on any atom is 0.314 e. The predicted octanol–water partition coefficient (Wildman–Crippen LogP) is 3.05. The van der Waals surface area contributed by atoms with Crippen LogP contribution in [0.4, 0.5) is 17.6 Å². The van der Waals surface area contributed by atoms with Gasteiger partial charge in [-0.3, -0.25) is 4.98 Å². The smallest absolute Gasteiger partial charge is 0.314 e. The quantitative estimate of drug-likeness (QED) is 0.483. The van der Waals surface area contributed by atoms with Gasteiger partial charge in [0.05, 0.1) is 6.54 Å². The molecule has 0 radical (unpaired) electrons. The Hall–Kier alpha value is -3.70. The van der Waals surface area contributed by atoms with E-state index in [9.17, 15) is 17.6 Å². The van der Waals surface area contributed by atoms with Crippen molar-refractivity contribution < 1.29 is 22.0 Å². The van der Waals surface area contributed by atoms with E-state index < -0.39 is 29.8 Å². The molecule has 0 amide bonds. The number of alkyl halides is 2. The molecule has 28 heavy (non-hydrogen) atoms. The van der Waals surface area contributed by atoms with Gasteiger partial charge in [0.1, 0.15) is 17.3 Å². The van der Waals surface area contributed by atoms with Crippen LogP contribution in [0.3, 0.4) is 0 Å². The van der Waals surface area contributed by atoms with Crippen LogP contribution in [0.1, 0.15) is 17.9 Å². The van der Waals surface area contributed by atoms with Gasteiger partial charge in [-0.25, -0.2) is 8.78 Å². The highest BCUT2D eigenvalue weighted by Crippen LogP contribution is 2.26. The molecule has 8 nitrogen and oxygen atoms in total. The van der Waals surface area contributed by atoms with Crippen molar-refractivity contribution in [2.75, 3.05) is 0 Å². The summed E-state index contributed by atoms with van der Waals surface area (Å²) in [5, 5.41) is 18.1. The first kappa shape index (κ1) is 17.7. The van der Waals surface area contributed by atoms with Crippen LogP contribution >= 0.6 is 0 Å². The number of nitrogens with zero attached hydrogens (tertiary/aromatic N) is 7. The Kier molecular flexibility index (Phi) is 4.51. The van der Waals surface area contributed by atoms with Gasteiger partial charge >= 0.3 is 6.43 Å². The van der Waals surface area contributed by atoms with Gasteiger partial charge < -0.3 is 4.42 Å². The van der Waals surface area contributed by atoms with Crippen LogP contribution in [0, 0.1) is 11.6 Å². The third-order valence-electron chi connectivity index (χ3n) is 3.66. The van der Waals surface area contributed by atoms with E-state index in [1.807, 2.05) is 0 Å². The summed E-state index contributed by atoms with van der Waals surface area (Å²) >= 11 is 0. The molecule has 0 spiro atoms. The highest BCUT2D eigenvalue weighted by molar-refractivity contribution is 5.54. The van der Waals surface area contributed by atoms with E-state index in [0.717, 1.165) is 16.9 Å². The minimum atomic E-state index is -2.98. The fourth-order valence-electron chi connectivity index (χ4n) is 2.37. The molecule has 4 rings (SSSR count). The third kappa shape index (κ3) is 3.43. The lowest BCUT2D eigenvalue weighted by Gasteiger charge is -2.05. The maximum absolute atomic E-state index is 14.4. The number of pyridine rings is 1. The van der Waals surface area contributed by atoms with Crippen molar-refractivity contribution in [2.45, 2.75) is 13.0 Å². The summed E-state index contributed by atoms with van der Waals surface area (Å²) < 4.78 is 58.5. The number of tetrazole rings is 1. The molecule has 0 saturated heterocycles. The number of rotatable bonds is 5. The second-order valence-corrected chi connectivity index (χ2v) is 5.52. The largest absolute Gasteiger partial charge is 0.415 e. The number of aromatic nitrogens is 7. The predicted molar refractivity (Wildman–Crippen MR) is 84.8 cm³/mol. The van der Waals surface area contributed by atoms with Gasteiger partial charge in [-0.15, -0.1) is 20.4 Å². The molecule has 0 N–H and O–H groups in total. The standard InChI is InChI=1S/C16H9F4N7O/c17-10-5-8(15-23-24-16(28-15)13(19)20)6-11(18)9(10)7-27-25-14(22-26-27)12-3-1-2-4-21-12/h1-6,13H,7H2. The molecule has 0 aliphatic heterocycles. The molecule has 1 aromatic carbocycles. The van der Waals surface area contributed by atoms with E-state index in [2.05, 4.69) is 30.6 Å². The van der Waals surface area contributed by atoms with Crippen LogP contribution < -0.4 is 0 Å². The zero-order chi connectivity index (χ0) is 19.7. The summed E-state index contributed by atoms with van der Waals surface area (Å²) in [5.41, 5.74) is -0.0579. The van der Waals surface area contributed by atoms with Crippen molar-refractivity contribution in [3.05, 3.63) is 59.6 Å². The lowest BCUT2D eigenvalue weighted by atomic mass is 10.1. The first-order valence-corrected chi connectivity index (χ1v) is 7.80. The summed E-state index contributed by atoms with van der Waals surface area (Å²) in [6.45, 7) is -0.343. The Morgan fingerprint density at radius 1 is 1.04 bits per heavy atom. The highest BCUT2D eigenvalue weighted by Gasteiger charge is 2.20. The normalized spacial score (nSPS) is 11.3. The van der Waals surface area contributed by atoms with E-state index in [4.69, 9.17) is 4.42 Å². The zero-order valence-electron chi connectivity index (χ0n) is 13.8. The Bertz CT molecular complexity index is 1090. The Labute approximate surface area is 153 Å². The van der Waals surface area contributed by atoms with Crippen LogP contribution in [0.5, 0.6) is 0 Å². The summed E-state index contributed by atoms with van der Waals surface area (Å²) in [6, 6.07) is 6.91. The average Bonchev–Trinajstić information content (AvgIpc) is 3.35. The topological polar surface area (TPSA) is 95.4 Å². The summed E-state index contributed by atoms with van der Waals surface area (Å²) in [6.07, 6.45) is -1.44. The van der Waals surface area contributed by atoms with Crippen molar-refractivity contribution in [1.29, 1.82) is 0 Å². The molecule has 4 aromatic rings. The van der Waals surface area contributed by atoms with Gasteiger partial charge in [0.15, 0.2) is 0 Å². The third-order valence-corrected chi connectivity index (χ3v) is 3.66. The van der Waals surface area contributed by atoms with Crippen LogP contribution in [0.15, 0.2) is 40.9 Å². The van der Waals surface area contributed by atoms with Crippen LogP contribution in [-0.4, -0.2) is 35.4 Å². The van der Waals surface area contributed by atoms with Gasteiger partial charge in [0, 0.05) is 17.3 Å². The van der Waals surface area contributed by atoms with Gasteiger partial charge in [0.2, 0.25) is 11.7 Å². The molecule has 3 heterocycles. The molecule has 12 heteroatoms. The first-order valence-electron chi connectivity index (χ1n) is 7.80. The summed E-state index contributed by atoms with van der Waals surface area (Å²) in [5.74, 6) is -3.07. The van der Waals surface area contributed by atoms with Gasteiger partial charge in [-0.05, 0) is 29.5 Å². The Morgan fingerprint density at radius 3 is 2.46 bits per heavy atom. The molecule has 0 aliphatic carbocycles. The number of hydrogen-bond acceptors (Lipinski definition) is 7. The fraction of sp³-hybridized carbons (Fsp3) is 0.125. The molecule has 3 aromatic heterocycles. The van der Waals surface area contributed by atoms with Crippen molar-refractivity contribution >= 4 is 0 Å². The van der Waals surface area contributed by atoms with Gasteiger partial charge in [-0.2, -0.15) is 13.6 Å².